The Kier molecular flexibility index (Phi) is 5.83. The van der Waals surface area contributed by atoms with Crippen molar-refractivity contribution in [3.05, 3.63) is 91.0 Å². The molecule has 1 aromatic heterocycles. The second kappa shape index (κ2) is 8.24. The lowest BCUT2D eigenvalue weighted by Crippen LogP contribution is -2.14. The van der Waals surface area contributed by atoms with Crippen LogP contribution in [0.3, 0.4) is 0 Å². The zero-order valence-corrected chi connectivity index (χ0v) is 19.0. The molecule has 0 saturated heterocycles. The van der Waals surface area contributed by atoms with Gasteiger partial charge in [-0.15, -0.1) is 0 Å². The van der Waals surface area contributed by atoms with E-state index in [9.17, 15) is 13.2 Å². The molecule has 0 aliphatic rings. The number of nitrogens with zero attached hydrogens (tertiary/aromatic N) is 1. The fraction of sp³-hybridized carbons (Fsp3) is 0.0500. The quantitative estimate of drug-likeness (QED) is 0.373. The van der Waals surface area contributed by atoms with Crippen molar-refractivity contribution in [2.24, 2.45) is 0 Å². The van der Waals surface area contributed by atoms with E-state index in [2.05, 4.69) is 4.72 Å². The maximum Gasteiger partial charge on any atom is 0.308 e. The van der Waals surface area contributed by atoms with Gasteiger partial charge in [0.15, 0.2) is 0 Å². The van der Waals surface area contributed by atoms with Gasteiger partial charge in [-0.05, 0) is 48.0 Å². The fourth-order valence-corrected chi connectivity index (χ4v) is 5.78. The predicted octanol–water partition coefficient (Wildman–Crippen LogP) is 5.87. The van der Waals surface area contributed by atoms with Crippen LogP contribution in [0.1, 0.15) is 5.56 Å². The van der Waals surface area contributed by atoms with Gasteiger partial charge in [0.1, 0.15) is 0 Å². The van der Waals surface area contributed by atoms with Crippen LogP contribution in [-0.2, 0) is 16.6 Å². The van der Waals surface area contributed by atoms with E-state index in [0.717, 1.165) is 16.9 Å². The lowest BCUT2D eigenvalue weighted by molar-refractivity contribution is 0.601. The molecule has 0 aliphatic carbocycles. The second-order valence-corrected chi connectivity index (χ2v) is 10.4. The molecule has 0 unspecified atom stereocenters. The maximum absolute atomic E-state index is 12.8. The van der Waals surface area contributed by atoms with Gasteiger partial charge in [0.2, 0.25) is 0 Å². The highest BCUT2D eigenvalue weighted by atomic mass is 35.5. The molecular weight excluding hydrogens is 487 g/mol. The van der Waals surface area contributed by atoms with Gasteiger partial charge in [-0.2, -0.15) is 0 Å². The molecule has 0 amide bonds. The lowest BCUT2D eigenvalue weighted by atomic mass is 10.2. The Labute approximate surface area is 191 Å². The molecule has 1 heterocycles. The first-order valence-corrected chi connectivity index (χ1v) is 12.0. The zero-order valence-electron chi connectivity index (χ0n) is 15.1. The molecule has 0 aliphatic heterocycles. The van der Waals surface area contributed by atoms with Crippen LogP contribution < -0.4 is 9.60 Å². The highest BCUT2D eigenvalue weighted by Gasteiger charge is 2.18. The average molecular weight is 500 g/mol. The molecule has 5 nitrogen and oxygen atoms in total. The Bertz CT molecular complexity index is 1410. The van der Waals surface area contributed by atoms with Crippen LogP contribution in [0, 0.1) is 0 Å². The molecule has 0 bridgehead atoms. The van der Waals surface area contributed by atoms with Gasteiger partial charge in [0.05, 0.1) is 27.3 Å². The number of thiazole rings is 1. The van der Waals surface area contributed by atoms with E-state index in [1.54, 1.807) is 16.7 Å². The number of sulfonamides is 1. The van der Waals surface area contributed by atoms with Crippen molar-refractivity contribution in [1.82, 2.24) is 4.57 Å². The summed E-state index contributed by atoms with van der Waals surface area (Å²) < 4.78 is 30.2. The molecular formula is C20H13Cl3N2O3S2. The monoisotopic (exact) mass is 498 g/mol. The highest BCUT2D eigenvalue weighted by molar-refractivity contribution is 7.92. The summed E-state index contributed by atoms with van der Waals surface area (Å²) in [5.41, 5.74) is 1.68. The molecule has 0 radical (unpaired) electrons. The number of halogens is 3. The number of anilines is 1. The molecule has 0 spiro atoms. The van der Waals surface area contributed by atoms with Gasteiger partial charge in [-0.3, -0.25) is 14.1 Å². The molecule has 3 aromatic carbocycles. The van der Waals surface area contributed by atoms with E-state index >= 15 is 0 Å². The van der Waals surface area contributed by atoms with Crippen molar-refractivity contribution in [2.75, 3.05) is 4.72 Å². The summed E-state index contributed by atoms with van der Waals surface area (Å²) in [6, 6.07) is 16.2. The summed E-state index contributed by atoms with van der Waals surface area (Å²) >= 11 is 19.1. The van der Waals surface area contributed by atoms with Gasteiger partial charge in [-0.25, -0.2) is 8.42 Å². The zero-order chi connectivity index (χ0) is 21.5. The Hall–Kier alpha value is -2.03. The van der Waals surface area contributed by atoms with Crippen molar-refractivity contribution < 1.29 is 8.42 Å². The predicted molar refractivity (Wildman–Crippen MR) is 124 cm³/mol. The smallest absolute Gasteiger partial charge is 0.294 e. The third-order valence-corrected chi connectivity index (χ3v) is 7.48. The van der Waals surface area contributed by atoms with Crippen molar-refractivity contribution >= 4 is 72.1 Å². The number of hydrogen-bond acceptors (Lipinski definition) is 4. The third kappa shape index (κ3) is 4.36. The minimum atomic E-state index is -3.90. The molecule has 4 rings (SSSR count). The Morgan fingerprint density at radius 1 is 0.933 bits per heavy atom. The van der Waals surface area contributed by atoms with E-state index in [0.29, 0.717) is 31.8 Å². The number of fused-ring (bicyclic) bond motifs is 1. The molecule has 10 heteroatoms. The fourth-order valence-electron chi connectivity index (χ4n) is 2.99. The van der Waals surface area contributed by atoms with Crippen LogP contribution in [0.2, 0.25) is 15.1 Å². The summed E-state index contributed by atoms with van der Waals surface area (Å²) in [5.74, 6) is 0. The molecule has 0 fully saturated rings. The van der Waals surface area contributed by atoms with Gasteiger partial charge in [0, 0.05) is 15.1 Å². The molecule has 30 heavy (non-hydrogen) atoms. The van der Waals surface area contributed by atoms with Crippen LogP contribution in [0.25, 0.3) is 10.2 Å². The maximum atomic E-state index is 12.8. The molecule has 1 N–H and O–H groups in total. The van der Waals surface area contributed by atoms with Crippen molar-refractivity contribution in [1.29, 1.82) is 0 Å². The number of rotatable bonds is 5. The average Bonchev–Trinajstić information content (AvgIpc) is 2.97. The Morgan fingerprint density at radius 3 is 2.33 bits per heavy atom. The highest BCUT2D eigenvalue weighted by Crippen LogP contribution is 2.27. The minimum Gasteiger partial charge on any atom is -0.294 e. The van der Waals surface area contributed by atoms with Gasteiger partial charge in [0.25, 0.3) is 10.0 Å². The first kappa shape index (κ1) is 21.2. The van der Waals surface area contributed by atoms with Crippen LogP contribution >= 0.6 is 46.1 Å². The molecule has 0 saturated carbocycles. The summed E-state index contributed by atoms with van der Waals surface area (Å²) in [6.07, 6.45) is 0. The molecule has 0 atom stereocenters. The summed E-state index contributed by atoms with van der Waals surface area (Å²) in [6.45, 7) is 0.296. The van der Waals surface area contributed by atoms with Gasteiger partial charge in [-0.1, -0.05) is 64.3 Å². The third-order valence-electron chi connectivity index (χ3n) is 4.35. The van der Waals surface area contributed by atoms with Crippen LogP contribution in [0.15, 0.2) is 70.4 Å². The lowest BCUT2D eigenvalue weighted by Gasteiger charge is -2.10. The van der Waals surface area contributed by atoms with E-state index < -0.39 is 10.0 Å². The standard InChI is InChI=1S/C20H13Cl3N2O3S2/c21-13-7-14(22)9-15(8-13)24-30(27,28)16-5-6-18-19(10-16)29-20(26)25(18)11-12-3-1-2-4-17(12)23/h1-10,24H,11H2. The molecule has 4 aromatic rings. The minimum absolute atomic E-state index is 0.0252. The first-order chi connectivity index (χ1) is 14.2. The molecule has 154 valence electrons. The van der Waals surface area contributed by atoms with Crippen LogP contribution in [-0.4, -0.2) is 13.0 Å². The summed E-state index contributed by atoms with van der Waals surface area (Å²) in [4.78, 5) is 12.4. The van der Waals surface area contributed by atoms with Gasteiger partial charge >= 0.3 is 4.87 Å². The number of nitrogens with one attached hydrogen (secondary N) is 1. The number of aromatic nitrogens is 1. The normalized spacial score (nSPS) is 11.7. The van der Waals surface area contributed by atoms with Crippen LogP contribution in [0.4, 0.5) is 5.69 Å². The summed E-state index contributed by atoms with van der Waals surface area (Å²) in [7, 11) is -3.90. The van der Waals surface area contributed by atoms with Crippen molar-refractivity contribution in [3.63, 3.8) is 0 Å². The van der Waals surface area contributed by atoms with E-state index in [4.69, 9.17) is 34.8 Å². The van der Waals surface area contributed by atoms with Crippen molar-refractivity contribution in [2.45, 2.75) is 11.4 Å². The number of hydrogen-bond donors (Lipinski definition) is 1. The van der Waals surface area contributed by atoms with E-state index in [-0.39, 0.29) is 15.5 Å². The largest absolute Gasteiger partial charge is 0.308 e. The topological polar surface area (TPSA) is 68.2 Å². The summed E-state index contributed by atoms with van der Waals surface area (Å²) in [5, 5.41) is 1.18. The first-order valence-electron chi connectivity index (χ1n) is 8.59. The SMILES string of the molecule is O=c1sc2cc(S(=O)(=O)Nc3cc(Cl)cc(Cl)c3)ccc2n1Cc1ccccc1Cl. The van der Waals surface area contributed by atoms with E-state index in [1.807, 2.05) is 18.2 Å². The Balaban J connectivity index is 1.70. The Morgan fingerprint density at radius 2 is 1.63 bits per heavy atom. The van der Waals surface area contributed by atoms with Crippen molar-refractivity contribution in [3.8, 4) is 0 Å². The van der Waals surface area contributed by atoms with E-state index in [1.165, 1.54) is 30.3 Å². The van der Waals surface area contributed by atoms with Crippen LogP contribution in [0.5, 0.6) is 0 Å². The van der Waals surface area contributed by atoms with Gasteiger partial charge < -0.3 is 0 Å². The second-order valence-electron chi connectivity index (χ2n) is 6.44. The number of benzene rings is 3.